The summed E-state index contributed by atoms with van der Waals surface area (Å²) in [5.41, 5.74) is 1.28. The predicted octanol–water partition coefficient (Wildman–Crippen LogP) is 4.07. The second-order valence-electron chi connectivity index (χ2n) is 6.04. The first kappa shape index (κ1) is 22.4. The van der Waals surface area contributed by atoms with E-state index in [1.54, 1.807) is 18.3 Å². The maximum Gasteiger partial charge on any atom is 0.295 e. The minimum Gasteiger partial charge on any atom is -0.380 e. The van der Waals surface area contributed by atoms with Crippen molar-refractivity contribution in [2.24, 2.45) is 0 Å². The molecule has 0 spiro atoms. The molecule has 3 aromatic rings. The Morgan fingerprint density at radius 2 is 1.70 bits per heavy atom. The van der Waals surface area contributed by atoms with Gasteiger partial charge < -0.3 is 5.32 Å². The van der Waals surface area contributed by atoms with Gasteiger partial charge in [-0.05, 0) is 35.4 Å². The summed E-state index contributed by atoms with van der Waals surface area (Å²) in [4.78, 5) is 4.23. The minimum atomic E-state index is -4.50. The molecule has 0 fully saturated rings. The second-order valence-corrected chi connectivity index (χ2v) is 10.5. The van der Waals surface area contributed by atoms with Crippen LogP contribution in [0.5, 0.6) is 0 Å². The monoisotopic (exact) mass is 486 g/mol. The van der Waals surface area contributed by atoms with Crippen LogP contribution >= 0.6 is 22.9 Å². The molecule has 3 rings (SSSR count). The molecule has 0 aliphatic rings. The number of anilines is 1. The maximum absolute atomic E-state index is 11.8. The third-order valence-electron chi connectivity index (χ3n) is 3.92. The maximum atomic E-state index is 11.8. The molecule has 8 nitrogen and oxygen atoms in total. The zero-order valence-electron chi connectivity index (χ0n) is 15.1. The molecular formula is C18H15ClN2O6S3. The van der Waals surface area contributed by atoms with Crippen LogP contribution in [0.4, 0.5) is 5.69 Å². The molecular weight excluding hydrogens is 472 g/mol. The lowest BCUT2D eigenvalue weighted by Gasteiger charge is -2.09. The summed E-state index contributed by atoms with van der Waals surface area (Å²) in [6.07, 6.45) is 4.62. The van der Waals surface area contributed by atoms with E-state index in [0.717, 1.165) is 4.88 Å². The summed E-state index contributed by atoms with van der Waals surface area (Å²) in [6.45, 7) is 0.380. The molecule has 0 aliphatic carbocycles. The van der Waals surface area contributed by atoms with Crippen LogP contribution in [-0.4, -0.2) is 30.9 Å². The Morgan fingerprint density at radius 3 is 2.27 bits per heavy atom. The Hall–Kier alpha value is -2.28. The first-order chi connectivity index (χ1) is 14.0. The smallest absolute Gasteiger partial charge is 0.295 e. The Morgan fingerprint density at radius 1 is 1.00 bits per heavy atom. The lowest BCUT2D eigenvalue weighted by Crippen LogP contribution is -2.04. The zero-order chi connectivity index (χ0) is 21.9. The van der Waals surface area contributed by atoms with Crippen LogP contribution in [0.3, 0.4) is 0 Å². The van der Waals surface area contributed by atoms with Gasteiger partial charge in [-0.2, -0.15) is 16.8 Å². The van der Waals surface area contributed by atoms with E-state index in [0.29, 0.717) is 22.3 Å². The molecule has 2 aromatic carbocycles. The van der Waals surface area contributed by atoms with Gasteiger partial charge in [0.2, 0.25) is 0 Å². The van der Waals surface area contributed by atoms with E-state index in [1.807, 2.05) is 0 Å². The molecule has 0 amide bonds. The summed E-state index contributed by atoms with van der Waals surface area (Å²) >= 11 is 7.07. The van der Waals surface area contributed by atoms with Gasteiger partial charge >= 0.3 is 0 Å². The van der Waals surface area contributed by atoms with Crippen LogP contribution in [0.2, 0.25) is 4.47 Å². The standard InChI is InChI=1S/C18H15ClN2O6S3/c19-18-21-11-15(28-18)10-20-14-6-5-13(17(9-14)30(25,26)27)4-1-12-2-7-16(8-3-12)29(22,23)24/h1-9,11,20H,10H2,(H,22,23,24)(H,25,26,27). The van der Waals surface area contributed by atoms with E-state index in [4.69, 9.17) is 16.2 Å². The molecule has 0 aliphatic heterocycles. The largest absolute Gasteiger partial charge is 0.380 e. The average molecular weight is 487 g/mol. The Bertz CT molecular complexity index is 1300. The summed E-state index contributed by atoms with van der Waals surface area (Å²) in [5.74, 6) is 0. The predicted molar refractivity (Wildman–Crippen MR) is 116 cm³/mol. The van der Waals surface area contributed by atoms with Gasteiger partial charge in [-0.3, -0.25) is 9.11 Å². The number of nitrogens with zero attached hydrogens (tertiary/aromatic N) is 1. The Labute approximate surface area is 182 Å². The van der Waals surface area contributed by atoms with Gasteiger partial charge in [0.05, 0.1) is 11.4 Å². The third-order valence-corrected chi connectivity index (χ3v) is 6.81. The highest BCUT2D eigenvalue weighted by Gasteiger charge is 2.15. The molecule has 0 unspecified atom stereocenters. The quantitative estimate of drug-likeness (QED) is 0.336. The molecule has 0 radical (unpaired) electrons. The number of nitrogens with one attached hydrogen (secondary N) is 1. The van der Waals surface area contributed by atoms with Crippen molar-refractivity contribution in [3.8, 4) is 0 Å². The van der Waals surface area contributed by atoms with E-state index in [-0.39, 0.29) is 15.4 Å². The number of hydrogen-bond acceptors (Lipinski definition) is 7. The van der Waals surface area contributed by atoms with E-state index in [9.17, 15) is 21.4 Å². The Kier molecular flexibility index (Phi) is 6.60. The van der Waals surface area contributed by atoms with Gasteiger partial charge in [0, 0.05) is 16.8 Å². The normalized spacial score (nSPS) is 12.4. The summed E-state index contributed by atoms with van der Waals surface area (Å²) in [6, 6.07) is 9.81. The summed E-state index contributed by atoms with van der Waals surface area (Å²) < 4.78 is 64.8. The van der Waals surface area contributed by atoms with Crippen molar-refractivity contribution in [1.82, 2.24) is 4.98 Å². The number of rotatable bonds is 7. The fourth-order valence-electron chi connectivity index (χ4n) is 2.50. The van der Waals surface area contributed by atoms with Gasteiger partial charge in [0.25, 0.3) is 20.2 Å². The lowest BCUT2D eigenvalue weighted by molar-refractivity contribution is 0.481. The molecule has 12 heteroatoms. The number of halogens is 1. The molecule has 0 saturated heterocycles. The van der Waals surface area contributed by atoms with E-state index in [1.165, 1.54) is 53.8 Å². The van der Waals surface area contributed by atoms with Crippen molar-refractivity contribution in [1.29, 1.82) is 0 Å². The first-order valence-corrected chi connectivity index (χ1v) is 12.3. The average Bonchev–Trinajstić information content (AvgIpc) is 3.09. The SMILES string of the molecule is O=S(=O)(O)c1ccc(C=Cc2ccc(NCc3cnc(Cl)s3)cc2S(=O)(=O)O)cc1. The summed E-state index contributed by atoms with van der Waals surface area (Å²) in [5, 5.41) is 3.04. The zero-order valence-corrected chi connectivity index (χ0v) is 18.3. The van der Waals surface area contributed by atoms with Gasteiger partial charge in [-0.15, -0.1) is 11.3 Å². The van der Waals surface area contributed by atoms with Crippen molar-refractivity contribution in [3.05, 3.63) is 69.1 Å². The van der Waals surface area contributed by atoms with Crippen molar-refractivity contribution in [3.63, 3.8) is 0 Å². The molecule has 0 bridgehead atoms. The molecule has 30 heavy (non-hydrogen) atoms. The van der Waals surface area contributed by atoms with Crippen LogP contribution in [0, 0.1) is 0 Å². The van der Waals surface area contributed by atoms with Gasteiger partial charge in [-0.25, -0.2) is 4.98 Å². The molecule has 1 aromatic heterocycles. The Balaban J connectivity index is 1.84. The topological polar surface area (TPSA) is 134 Å². The number of hydrogen-bond donors (Lipinski definition) is 3. The van der Waals surface area contributed by atoms with Crippen LogP contribution in [0.15, 0.2) is 58.5 Å². The van der Waals surface area contributed by atoms with Crippen LogP contribution in [0.25, 0.3) is 12.2 Å². The van der Waals surface area contributed by atoms with Crippen LogP contribution in [0.1, 0.15) is 16.0 Å². The molecule has 158 valence electrons. The van der Waals surface area contributed by atoms with Crippen molar-refractivity contribution < 1.29 is 25.9 Å². The first-order valence-electron chi connectivity index (χ1n) is 8.23. The second kappa shape index (κ2) is 8.84. The fraction of sp³-hybridized carbons (Fsp3) is 0.0556. The van der Waals surface area contributed by atoms with Gasteiger partial charge in [-0.1, -0.05) is 42.0 Å². The van der Waals surface area contributed by atoms with Gasteiger partial charge in [0.15, 0.2) is 4.47 Å². The molecule has 1 heterocycles. The van der Waals surface area contributed by atoms with E-state index < -0.39 is 20.2 Å². The highest BCUT2D eigenvalue weighted by atomic mass is 35.5. The molecule has 3 N–H and O–H groups in total. The third kappa shape index (κ3) is 5.88. The minimum absolute atomic E-state index is 0.239. The van der Waals surface area contributed by atoms with Crippen LogP contribution < -0.4 is 5.32 Å². The number of aromatic nitrogens is 1. The lowest BCUT2D eigenvalue weighted by atomic mass is 10.1. The number of thiazole rings is 1. The summed E-state index contributed by atoms with van der Waals surface area (Å²) in [7, 11) is -8.80. The van der Waals surface area contributed by atoms with Gasteiger partial charge in [0.1, 0.15) is 4.90 Å². The highest BCUT2D eigenvalue weighted by molar-refractivity contribution is 7.86. The number of benzene rings is 2. The molecule has 0 saturated carbocycles. The van der Waals surface area contributed by atoms with Crippen molar-refractivity contribution >= 4 is 61.0 Å². The molecule has 0 atom stereocenters. The van der Waals surface area contributed by atoms with E-state index >= 15 is 0 Å². The fourth-order valence-corrected chi connectivity index (χ4v) is 4.60. The van der Waals surface area contributed by atoms with E-state index in [2.05, 4.69) is 10.3 Å². The van der Waals surface area contributed by atoms with Crippen LogP contribution in [-0.2, 0) is 26.8 Å². The van der Waals surface area contributed by atoms with Crippen molar-refractivity contribution in [2.75, 3.05) is 5.32 Å². The highest BCUT2D eigenvalue weighted by Crippen LogP contribution is 2.25. The van der Waals surface area contributed by atoms with Crippen molar-refractivity contribution in [2.45, 2.75) is 16.3 Å².